The molecule has 0 aromatic heterocycles. The fraction of sp³-hybridized carbons (Fsp3) is 0.333. The maximum absolute atomic E-state index is 12.6. The number of hydrogen-bond donors (Lipinski definition) is 2. The second-order valence-electron chi connectivity index (χ2n) is 7.03. The Balaban J connectivity index is 1.97. The van der Waals surface area contributed by atoms with Gasteiger partial charge < -0.3 is 10.6 Å². The van der Waals surface area contributed by atoms with Crippen molar-refractivity contribution in [2.24, 2.45) is 0 Å². The van der Waals surface area contributed by atoms with Crippen LogP contribution in [-0.4, -0.2) is 36.3 Å². The molecule has 0 bridgehead atoms. The number of aryl methyl sites for hydroxylation is 3. The zero-order valence-corrected chi connectivity index (χ0v) is 18.2. The average Bonchev–Trinajstić information content (AvgIpc) is 2.60. The number of hydrogen-bond acceptors (Lipinski definition) is 3. The van der Waals surface area contributed by atoms with Crippen LogP contribution in [0, 0.1) is 20.8 Å². The molecule has 0 spiro atoms. The van der Waals surface area contributed by atoms with E-state index in [4.69, 9.17) is 23.2 Å². The van der Waals surface area contributed by atoms with Crippen LogP contribution in [0.3, 0.4) is 0 Å². The molecule has 1 unspecified atom stereocenters. The Hall–Kier alpha value is -2.08. The molecule has 2 aromatic rings. The number of nitrogens with zero attached hydrogens (tertiary/aromatic N) is 1. The number of amides is 2. The van der Waals surface area contributed by atoms with E-state index in [1.807, 2.05) is 32.9 Å². The Kier molecular flexibility index (Phi) is 7.47. The Morgan fingerprint density at radius 1 is 1.00 bits per heavy atom. The van der Waals surface area contributed by atoms with Crippen molar-refractivity contribution in [3.63, 3.8) is 0 Å². The molecule has 7 heteroatoms. The van der Waals surface area contributed by atoms with Crippen molar-refractivity contribution >= 4 is 46.4 Å². The predicted octanol–water partition coefficient (Wildman–Crippen LogP) is 4.82. The van der Waals surface area contributed by atoms with Gasteiger partial charge >= 0.3 is 0 Å². The van der Waals surface area contributed by atoms with Crippen molar-refractivity contribution in [2.45, 2.75) is 33.7 Å². The van der Waals surface area contributed by atoms with E-state index >= 15 is 0 Å². The quantitative estimate of drug-likeness (QED) is 0.702. The zero-order chi connectivity index (χ0) is 21.0. The van der Waals surface area contributed by atoms with Gasteiger partial charge in [-0.15, -0.1) is 0 Å². The maximum atomic E-state index is 12.6. The van der Waals surface area contributed by atoms with E-state index in [0.717, 1.165) is 22.4 Å². The summed E-state index contributed by atoms with van der Waals surface area (Å²) in [6.45, 7) is 7.78. The fourth-order valence-corrected chi connectivity index (χ4v) is 3.24. The molecule has 0 heterocycles. The van der Waals surface area contributed by atoms with Crippen LogP contribution in [-0.2, 0) is 9.59 Å². The number of halogens is 2. The summed E-state index contributed by atoms with van der Waals surface area (Å²) in [5.74, 6) is -0.414. The van der Waals surface area contributed by atoms with E-state index in [-0.39, 0.29) is 18.4 Å². The monoisotopic (exact) mass is 421 g/mol. The van der Waals surface area contributed by atoms with Crippen molar-refractivity contribution in [1.29, 1.82) is 0 Å². The third kappa shape index (κ3) is 5.71. The highest BCUT2D eigenvalue weighted by molar-refractivity contribution is 6.42. The molecule has 5 nitrogen and oxygen atoms in total. The van der Waals surface area contributed by atoms with Crippen molar-refractivity contribution in [3.05, 3.63) is 57.1 Å². The molecule has 2 rings (SSSR count). The molecule has 28 heavy (non-hydrogen) atoms. The molecule has 2 amide bonds. The third-order valence-corrected chi connectivity index (χ3v) is 5.30. The summed E-state index contributed by atoms with van der Waals surface area (Å²) in [7, 11) is 1.73. The highest BCUT2D eigenvalue weighted by Crippen LogP contribution is 2.25. The summed E-state index contributed by atoms with van der Waals surface area (Å²) < 4.78 is 0. The minimum absolute atomic E-state index is 0.0562. The van der Waals surface area contributed by atoms with Crippen LogP contribution in [0.25, 0.3) is 0 Å². The number of benzene rings is 2. The van der Waals surface area contributed by atoms with E-state index in [0.29, 0.717) is 15.7 Å². The van der Waals surface area contributed by atoms with Crippen molar-refractivity contribution in [2.75, 3.05) is 24.2 Å². The molecule has 1 atom stereocenters. The fourth-order valence-electron chi connectivity index (χ4n) is 2.94. The van der Waals surface area contributed by atoms with Gasteiger partial charge in [0.1, 0.15) is 0 Å². The largest absolute Gasteiger partial charge is 0.325 e. The summed E-state index contributed by atoms with van der Waals surface area (Å²) in [4.78, 5) is 26.6. The van der Waals surface area contributed by atoms with Gasteiger partial charge in [0.15, 0.2) is 0 Å². The molecule has 0 aliphatic rings. The first-order chi connectivity index (χ1) is 13.1. The SMILES string of the molecule is Cc1cc(C)c(NC(=O)C(C)N(C)CC(=O)Nc2ccc(Cl)c(Cl)c2)c(C)c1. The van der Waals surface area contributed by atoms with E-state index in [9.17, 15) is 9.59 Å². The molecule has 0 saturated carbocycles. The van der Waals surface area contributed by atoms with Gasteiger partial charge in [-0.1, -0.05) is 40.9 Å². The van der Waals surface area contributed by atoms with Crippen LogP contribution in [0.2, 0.25) is 10.0 Å². The van der Waals surface area contributed by atoms with E-state index in [1.165, 1.54) is 0 Å². The lowest BCUT2D eigenvalue weighted by Crippen LogP contribution is -2.43. The Morgan fingerprint density at radius 2 is 1.61 bits per heavy atom. The highest BCUT2D eigenvalue weighted by Gasteiger charge is 2.21. The lowest BCUT2D eigenvalue weighted by molar-refractivity contribution is -0.122. The molecule has 150 valence electrons. The number of likely N-dealkylation sites (N-methyl/N-ethyl adjacent to an activating group) is 1. The Labute approximate surface area is 176 Å². The molecule has 0 aliphatic carbocycles. The van der Waals surface area contributed by atoms with E-state index in [1.54, 1.807) is 37.1 Å². The second-order valence-corrected chi connectivity index (χ2v) is 7.85. The molecular weight excluding hydrogens is 397 g/mol. The summed E-state index contributed by atoms with van der Waals surface area (Å²) in [6, 6.07) is 8.45. The van der Waals surface area contributed by atoms with Crippen LogP contribution in [0.5, 0.6) is 0 Å². The Bertz CT molecular complexity index is 876. The van der Waals surface area contributed by atoms with Gasteiger partial charge in [0.25, 0.3) is 0 Å². The normalized spacial score (nSPS) is 12.0. The van der Waals surface area contributed by atoms with Gasteiger partial charge in [0, 0.05) is 11.4 Å². The minimum Gasteiger partial charge on any atom is -0.325 e. The zero-order valence-electron chi connectivity index (χ0n) is 16.7. The van der Waals surface area contributed by atoms with Gasteiger partial charge in [0.2, 0.25) is 11.8 Å². The summed E-state index contributed by atoms with van der Waals surface area (Å²) in [6.07, 6.45) is 0. The van der Waals surface area contributed by atoms with E-state index < -0.39 is 6.04 Å². The molecule has 0 radical (unpaired) electrons. The molecular formula is C21H25Cl2N3O2. The number of carbonyl (C=O) groups is 2. The molecule has 2 aromatic carbocycles. The average molecular weight is 422 g/mol. The van der Waals surface area contributed by atoms with Crippen molar-refractivity contribution in [3.8, 4) is 0 Å². The van der Waals surface area contributed by atoms with Gasteiger partial charge in [0.05, 0.1) is 22.6 Å². The van der Waals surface area contributed by atoms with Crippen LogP contribution in [0.4, 0.5) is 11.4 Å². The summed E-state index contributed by atoms with van der Waals surface area (Å²) in [5, 5.41) is 6.52. The number of carbonyl (C=O) groups excluding carboxylic acids is 2. The van der Waals surface area contributed by atoms with Gasteiger partial charge in [-0.3, -0.25) is 14.5 Å². The predicted molar refractivity (Wildman–Crippen MR) is 116 cm³/mol. The smallest absolute Gasteiger partial charge is 0.241 e. The standard InChI is InChI=1S/C21H25Cl2N3O2/c1-12-8-13(2)20(14(3)9-12)25-21(28)15(4)26(5)11-19(27)24-16-6-7-17(22)18(23)10-16/h6-10,15H,11H2,1-5H3,(H,24,27)(H,25,28). The van der Waals surface area contributed by atoms with Gasteiger partial charge in [-0.25, -0.2) is 0 Å². The first-order valence-corrected chi connectivity index (χ1v) is 9.68. The highest BCUT2D eigenvalue weighted by atomic mass is 35.5. The second kappa shape index (κ2) is 9.41. The number of anilines is 2. The minimum atomic E-state index is -0.486. The van der Waals surface area contributed by atoms with Crippen LogP contribution < -0.4 is 10.6 Å². The lowest BCUT2D eigenvalue weighted by atomic mass is 10.0. The first kappa shape index (κ1) is 22.2. The van der Waals surface area contributed by atoms with Gasteiger partial charge in [-0.05, 0) is 64.1 Å². The van der Waals surface area contributed by atoms with Crippen LogP contribution in [0.15, 0.2) is 30.3 Å². The summed E-state index contributed by atoms with van der Waals surface area (Å²) >= 11 is 11.8. The van der Waals surface area contributed by atoms with E-state index in [2.05, 4.69) is 10.6 Å². The molecule has 0 fully saturated rings. The number of rotatable bonds is 6. The first-order valence-electron chi connectivity index (χ1n) is 8.92. The maximum Gasteiger partial charge on any atom is 0.241 e. The lowest BCUT2D eigenvalue weighted by Gasteiger charge is -2.24. The van der Waals surface area contributed by atoms with Crippen molar-refractivity contribution < 1.29 is 9.59 Å². The summed E-state index contributed by atoms with van der Waals surface area (Å²) in [5.41, 5.74) is 4.54. The number of nitrogens with one attached hydrogen (secondary N) is 2. The Morgan fingerprint density at radius 3 is 2.18 bits per heavy atom. The van der Waals surface area contributed by atoms with Gasteiger partial charge in [-0.2, -0.15) is 0 Å². The topological polar surface area (TPSA) is 61.4 Å². The molecule has 0 aliphatic heterocycles. The van der Waals surface area contributed by atoms with Crippen molar-refractivity contribution in [1.82, 2.24) is 4.90 Å². The van der Waals surface area contributed by atoms with Crippen LogP contribution >= 0.6 is 23.2 Å². The van der Waals surface area contributed by atoms with Crippen LogP contribution in [0.1, 0.15) is 23.6 Å². The third-order valence-electron chi connectivity index (χ3n) is 4.56. The molecule has 0 saturated heterocycles. The molecule has 2 N–H and O–H groups in total.